The molecular formula is C24H28INO4. The predicted molar refractivity (Wildman–Crippen MR) is 123 cm³/mol. The third kappa shape index (κ3) is 5.15. The molecule has 4 rings (SSSR count). The minimum atomic E-state index is -0.819. The standard InChI is InChI=1S/C24H28INO4/c25-20-13-14-21(30-22(20)27)24(19-11-12-19,15-17-7-3-1-4-8-17)26-23(28)29-16-18-9-5-2-6-10-18/h1-10,19-22,27H,11-16H2,(H,26,28)/t20-,21-,22-,24+/m0/s1. The van der Waals surface area contributed by atoms with Gasteiger partial charge in [-0.05, 0) is 49.1 Å². The van der Waals surface area contributed by atoms with Gasteiger partial charge in [-0.3, -0.25) is 0 Å². The van der Waals surface area contributed by atoms with Gasteiger partial charge in [0.15, 0.2) is 6.29 Å². The molecule has 0 aromatic heterocycles. The van der Waals surface area contributed by atoms with Crippen LogP contribution in [0.3, 0.4) is 0 Å². The zero-order valence-corrected chi connectivity index (χ0v) is 19.0. The lowest BCUT2D eigenvalue weighted by Crippen LogP contribution is -2.63. The molecule has 1 saturated heterocycles. The lowest BCUT2D eigenvalue weighted by atomic mass is 9.78. The molecule has 0 radical (unpaired) electrons. The first-order chi connectivity index (χ1) is 14.6. The Labute approximate surface area is 191 Å². The van der Waals surface area contributed by atoms with Crippen LogP contribution in [0.2, 0.25) is 0 Å². The quantitative estimate of drug-likeness (QED) is 0.413. The van der Waals surface area contributed by atoms with Crippen LogP contribution < -0.4 is 5.32 Å². The number of aliphatic hydroxyl groups excluding tert-OH is 1. The van der Waals surface area contributed by atoms with E-state index < -0.39 is 17.9 Å². The SMILES string of the molecule is O=C(N[C@](Cc1ccccc1)(C1CC1)[C@@H]1CC[C@H](I)[C@@H](O)O1)OCc1ccccc1. The molecule has 1 amide bonds. The average Bonchev–Trinajstić information content (AvgIpc) is 3.61. The first-order valence-electron chi connectivity index (χ1n) is 10.6. The highest BCUT2D eigenvalue weighted by atomic mass is 127. The van der Waals surface area contributed by atoms with E-state index in [2.05, 4.69) is 40.0 Å². The molecule has 0 bridgehead atoms. The van der Waals surface area contributed by atoms with Crippen LogP contribution in [0.15, 0.2) is 60.7 Å². The number of rotatable bonds is 7. The second-order valence-electron chi connectivity index (χ2n) is 8.27. The van der Waals surface area contributed by atoms with Crippen molar-refractivity contribution < 1.29 is 19.4 Å². The fourth-order valence-corrected chi connectivity index (χ4v) is 4.91. The Morgan fingerprint density at radius 1 is 1.03 bits per heavy atom. The monoisotopic (exact) mass is 521 g/mol. The van der Waals surface area contributed by atoms with Crippen molar-refractivity contribution in [3.8, 4) is 0 Å². The summed E-state index contributed by atoms with van der Waals surface area (Å²) in [6.45, 7) is 0.225. The lowest BCUT2D eigenvalue weighted by molar-refractivity contribution is -0.181. The second-order valence-corrected chi connectivity index (χ2v) is 9.87. The number of amides is 1. The van der Waals surface area contributed by atoms with Crippen LogP contribution >= 0.6 is 22.6 Å². The molecular weight excluding hydrogens is 493 g/mol. The molecule has 2 aromatic rings. The largest absolute Gasteiger partial charge is 0.445 e. The molecule has 2 N–H and O–H groups in total. The molecule has 1 saturated carbocycles. The Bertz CT molecular complexity index is 830. The first kappa shape index (κ1) is 21.6. The number of carbonyl (C=O) groups excluding carboxylic acids is 1. The van der Waals surface area contributed by atoms with Gasteiger partial charge in [-0.1, -0.05) is 83.3 Å². The Balaban J connectivity index is 1.55. The number of benzene rings is 2. The average molecular weight is 521 g/mol. The zero-order chi connectivity index (χ0) is 21.0. The number of aliphatic hydroxyl groups is 1. The molecule has 30 heavy (non-hydrogen) atoms. The molecule has 2 aliphatic rings. The van der Waals surface area contributed by atoms with Crippen molar-refractivity contribution in [3.63, 3.8) is 0 Å². The molecule has 1 heterocycles. The van der Waals surface area contributed by atoms with Crippen LogP contribution in [0, 0.1) is 5.92 Å². The molecule has 0 unspecified atom stereocenters. The van der Waals surface area contributed by atoms with Gasteiger partial charge in [0, 0.05) is 0 Å². The van der Waals surface area contributed by atoms with E-state index in [1.165, 1.54) is 0 Å². The molecule has 160 valence electrons. The number of hydrogen-bond donors (Lipinski definition) is 2. The summed E-state index contributed by atoms with van der Waals surface area (Å²) in [5, 5.41) is 13.6. The van der Waals surface area contributed by atoms with Crippen molar-refractivity contribution in [2.75, 3.05) is 0 Å². The summed E-state index contributed by atoms with van der Waals surface area (Å²) in [6.07, 6.45) is 2.88. The Morgan fingerprint density at radius 3 is 2.27 bits per heavy atom. The van der Waals surface area contributed by atoms with Crippen LogP contribution in [-0.4, -0.2) is 33.1 Å². The van der Waals surface area contributed by atoms with Gasteiger partial charge >= 0.3 is 6.09 Å². The maximum absolute atomic E-state index is 12.9. The van der Waals surface area contributed by atoms with Crippen molar-refractivity contribution in [1.29, 1.82) is 0 Å². The van der Waals surface area contributed by atoms with E-state index in [-0.39, 0.29) is 16.6 Å². The third-order valence-electron chi connectivity index (χ3n) is 6.09. The first-order valence-corrected chi connectivity index (χ1v) is 11.8. The number of nitrogens with one attached hydrogen (secondary N) is 1. The number of carbonyl (C=O) groups is 1. The van der Waals surface area contributed by atoms with E-state index in [4.69, 9.17) is 9.47 Å². The predicted octanol–water partition coefficient (Wildman–Crippen LogP) is 4.61. The number of hydrogen-bond acceptors (Lipinski definition) is 4. The summed E-state index contributed by atoms with van der Waals surface area (Å²) in [5.74, 6) is 0.310. The second kappa shape index (κ2) is 9.66. The number of halogens is 1. The molecule has 5 nitrogen and oxygen atoms in total. The van der Waals surface area contributed by atoms with Gasteiger partial charge in [0.2, 0.25) is 0 Å². The third-order valence-corrected chi connectivity index (χ3v) is 7.32. The van der Waals surface area contributed by atoms with Gasteiger partial charge in [-0.2, -0.15) is 0 Å². The maximum atomic E-state index is 12.9. The molecule has 2 fully saturated rings. The Kier molecular flexibility index (Phi) is 6.95. The number of alkyl halides is 1. The van der Waals surface area contributed by atoms with Crippen molar-refractivity contribution >= 4 is 28.7 Å². The fraction of sp³-hybridized carbons (Fsp3) is 0.458. The van der Waals surface area contributed by atoms with Gasteiger partial charge in [-0.25, -0.2) is 4.79 Å². The van der Waals surface area contributed by atoms with Gasteiger partial charge in [0.1, 0.15) is 6.61 Å². The van der Waals surface area contributed by atoms with Gasteiger partial charge < -0.3 is 19.9 Å². The van der Waals surface area contributed by atoms with Crippen LogP contribution in [0.5, 0.6) is 0 Å². The summed E-state index contributed by atoms with van der Waals surface area (Å²) < 4.78 is 11.7. The Hall–Kier alpha value is -1.64. The summed E-state index contributed by atoms with van der Waals surface area (Å²) in [5.41, 5.74) is 1.50. The number of alkyl carbamates (subject to hydrolysis) is 1. The van der Waals surface area contributed by atoms with Crippen LogP contribution in [0.25, 0.3) is 0 Å². The van der Waals surface area contributed by atoms with Crippen molar-refractivity contribution in [1.82, 2.24) is 5.32 Å². The van der Waals surface area contributed by atoms with Crippen LogP contribution in [0.4, 0.5) is 4.79 Å². The van der Waals surface area contributed by atoms with Crippen LogP contribution in [-0.2, 0) is 22.5 Å². The molecule has 0 spiro atoms. The summed E-state index contributed by atoms with van der Waals surface area (Å²) in [6, 6.07) is 19.8. The summed E-state index contributed by atoms with van der Waals surface area (Å²) >= 11 is 2.24. The molecule has 4 atom stereocenters. The highest BCUT2D eigenvalue weighted by Gasteiger charge is 2.54. The highest BCUT2D eigenvalue weighted by Crippen LogP contribution is 2.47. The Morgan fingerprint density at radius 2 is 1.67 bits per heavy atom. The minimum absolute atomic E-state index is 0.0671. The summed E-state index contributed by atoms with van der Waals surface area (Å²) in [7, 11) is 0. The normalized spacial score (nSPS) is 25.9. The number of ether oxygens (including phenoxy) is 2. The van der Waals surface area contributed by atoms with Crippen molar-refractivity contribution in [2.24, 2.45) is 5.92 Å². The van der Waals surface area contributed by atoms with E-state index in [1.54, 1.807) is 0 Å². The fourth-order valence-electron chi connectivity index (χ4n) is 4.38. The van der Waals surface area contributed by atoms with E-state index in [9.17, 15) is 9.90 Å². The lowest BCUT2D eigenvalue weighted by Gasteiger charge is -2.45. The van der Waals surface area contributed by atoms with Crippen LogP contribution in [0.1, 0.15) is 36.8 Å². The molecule has 1 aliphatic heterocycles. The molecule has 1 aliphatic carbocycles. The van der Waals surface area contributed by atoms with Gasteiger partial charge in [-0.15, -0.1) is 0 Å². The van der Waals surface area contributed by atoms with E-state index in [1.807, 2.05) is 48.5 Å². The maximum Gasteiger partial charge on any atom is 0.408 e. The van der Waals surface area contributed by atoms with Gasteiger partial charge in [0.25, 0.3) is 0 Å². The van der Waals surface area contributed by atoms with Gasteiger partial charge in [0.05, 0.1) is 15.6 Å². The smallest absolute Gasteiger partial charge is 0.408 e. The van der Waals surface area contributed by atoms with E-state index >= 15 is 0 Å². The zero-order valence-electron chi connectivity index (χ0n) is 16.9. The summed E-state index contributed by atoms with van der Waals surface area (Å²) in [4.78, 5) is 12.9. The van der Waals surface area contributed by atoms with Crippen molar-refractivity contribution in [3.05, 3.63) is 71.8 Å². The highest BCUT2D eigenvalue weighted by molar-refractivity contribution is 14.1. The van der Waals surface area contributed by atoms with E-state index in [0.717, 1.165) is 36.8 Å². The molecule has 6 heteroatoms. The van der Waals surface area contributed by atoms with Crippen molar-refractivity contribution in [2.45, 2.75) is 60.6 Å². The molecule has 2 aromatic carbocycles. The van der Waals surface area contributed by atoms with E-state index in [0.29, 0.717) is 12.3 Å². The topological polar surface area (TPSA) is 67.8 Å². The minimum Gasteiger partial charge on any atom is -0.445 e.